The van der Waals surface area contributed by atoms with Crippen molar-refractivity contribution in [1.29, 1.82) is 0 Å². The topological polar surface area (TPSA) is 54.9 Å². The van der Waals surface area contributed by atoms with Gasteiger partial charge in [-0.2, -0.15) is 0 Å². The van der Waals surface area contributed by atoms with E-state index in [1.807, 2.05) is 32.0 Å². The molecule has 0 amide bonds. The molecule has 1 aromatic heterocycles. The number of H-pyrrole nitrogens is 1. The van der Waals surface area contributed by atoms with Crippen LogP contribution < -0.4 is 20.3 Å². The average molecular weight is 365 g/mol. The van der Waals surface area contributed by atoms with Crippen LogP contribution >= 0.6 is 0 Å². The summed E-state index contributed by atoms with van der Waals surface area (Å²) in [4.78, 5) is 27.0. The van der Waals surface area contributed by atoms with Gasteiger partial charge in [-0.15, -0.1) is 0 Å². The number of unbranched alkanes of at least 4 members (excludes halogenated alkanes) is 1. The number of rotatable bonds is 6. The number of aromatic nitrogens is 2. The van der Waals surface area contributed by atoms with Crippen molar-refractivity contribution in [1.82, 2.24) is 9.55 Å². The molecular formula is C17H22N2O2Se. The molecule has 0 aliphatic rings. The number of nitrogens with one attached hydrogen (secondary N) is 1. The van der Waals surface area contributed by atoms with Crippen LogP contribution in [-0.4, -0.2) is 24.5 Å². The van der Waals surface area contributed by atoms with Gasteiger partial charge in [0.05, 0.1) is 0 Å². The predicted octanol–water partition coefficient (Wildman–Crippen LogP) is 1.12. The number of hydrogen-bond acceptors (Lipinski definition) is 2. The minimum atomic E-state index is -0.282. The summed E-state index contributed by atoms with van der Waals surface area (Å²) in [5.74, 6) is 0.0952. The Morgan fingerprint density at radius 1 is 1.18 bits per heavy atom. The molecule has 0 fully saturated rings. The Bertz CT molecular complexity index is 733. The third-order valence-corrected chi connectivity index (χ3v) is 5.85. The third kappa shape index (κ3) is 3.79. The van der Waals surface area contributed by atoms with Crippen LogP contribution in [-0.2, 0) is 6.54 Å². The second-order valence-corrected chi connectivity index (χ2v) is 7.78. The molecule has 2 aromatic rings. The molecule has 0 radical (unpaired) electrons. The Kier molecular flexibility index (Phi) is 5.81. The van der Waals surface area contributed by atoms with Gasteiger partial charge in [0.25, 0.3) is 0 Å². The van der Waals surface area contributed by atoms with Crippen molar-refractivity contribution in [3.63, 3.8) is 0 Å². The quantitative estimate of drug-likeness (QED) is 0.780. The monoisotopic (exact) mass is 366 g/mol. The molecule has 4 nitrogen and oxygen atoms in total. The number of aromatic amines is 1. The zero-order chi connectivity index (χ0) is 16.1. The van der Waals surface area contributed by atoms with E-state index in [-0.39, 0.29) is 32.1 Å². The molecule has 0 spiro atoms. The summed E-state index contributed by atoms with van der Waals surface area (Å²) in [7, 11) is 0. The van der Waals surface area contributed by atoms with E-state index in [0.29, 0.717) is 6.54 Å². The molecular weight excluding hydrogens is 343 g/mol. The Morgan fingerprint density at radius 2 is 1.86 bits per heavy atom. The van der Waals surface area contributed by atoms with E-state index in [2.05, 4.69) is 24.0 Å². The molecule has 0 aliphatic heterocycles. The fourth-order valence-corrected chi connectivity index (χ4v) is 4.91. The van der Waals surface area contributed by atoms with E-state index in [1.54, 1.807) is 4.57 Å². The number of nitrogens with zero attached hydrogens (tertiary/aromatic N) is 1. The molecule has 0 atom stereocenters. The molecule has 0 unspecified atom stereocenters. The van der Waals surface area contributed by atoms with Crippen molar-refractivity contribution in [3.8, 4) is 0 Å². The normalized spacial score (nSPS) is 11.1. The first-order valence-electron chi connectivity index (χ1n) is 7.64. The van der Waals surface area contributed by atoms with Crippen LogP contribution in [0.15, 0.2) is 39.9 Å². The fourth-order valence-electron chi connectivity index (χ4n) is 2.31. The van der Waals surface area contributed by atoms with Gasteiger partial charge >= 0.3 is 136 Å². The zero-order valence-electron chi connectivity index (χ0n) is 13.3. The summed E-state index contributed by atoms with van der Waals surface area (Å²) in [5.41, 5.74) is 0.232. The molecule has 2 rings (SSSR count). The van der Waals surface area contributed by atoms with Gasteiger partial charge in [0, 0.05) is 0 Å². The maximum absolute atomic E-state index is 12.3. The summed E-state index contributed by atoms with van der Waals surface area (Å²) in [6, 6.07) is 10.1. The second-order valence-electron chi connectivity index (χ2n) is 5.55. The molecule has 22 heavy (non-hydrogen) atoms. The Labute approximate surface area is 136 Å². The molecule has 0 saturated heterocycles. The van der Waals surface area contributed by atoms with Crippen molar-refractivity contribution in [3.05, 3.63) is 56.7 Å². The average Bonchev–Trinajstić information content (AvgIpc) is 2.47. The van der Waals surface area contributed by atoms with Gasteiger partial charge < -0.3 is 0 Å². The molecule has 0 bridgehead atoms. The van der Waals surface area contributed by atoms with E-state index >= 15 is 0 Å². The Hall–Kier alpha value is -1.58. The summed E-state index contributed by atoms with van der Waals surface area (Å²) in [6.45, 7) is 6.77. The molecule has 0 saturated carbocycles. The molecule has 1 aromatic carbocycles. The maximum atomic E-state index is 12.3. The Balaban J connectivity index is 2.59. The van der Waals surface area contributed by atoms with Gasteiger partial charge in [0.15, 0.2) is 0 Å². The third-order valence-electron chi connectivity index (χ3n) is 3.46. The molecule has 118 valence electrons. The molecule has 1 heterocycles. The van der Waals surface area contributed by atoms with Gasteiger partial charge in [-0.05, 0) is 0 Å². The van der Waals surface area contributed by atoms with E-state index in [4.69, 9.17) is 0 Å². The van der Waals surface area contributed by atoms with Gasteiger partial charge in [0.2, 0.25) is 0 Å². The van der Waals surface area contributed by atoms with Crippen LogP contribution in [0.1, 0.15) is 45.1 Å². The van der Waals surface area contributed by atoms with Gasteiger partial charge in [-0.1, -0.05) is 0 Å². The predicted molar refractivity (Wildman–Crippen MR) is 91.8 cm³/mol. The van der Waals surface area contributed by atoms with E-state index < -0.39 is 0 Å². The second kappa shape index (κ2) is 7.61. The first-order chi connectivity index (χ1) is 10.5. The summed E-state index contributed by atoms with van der Waals surface area (Å²) < 4.78 is 3.86. The molecule has 5 heteroatoms. The van der Waals surface area contributed by atoms with Crippen LogP contribution in [0.5, 0.6) is 0 Å². The van der Waals surface area contributed by atoms with E-state index in [9.17, 15) is 9.59 Å². The molecule has 0 aliphatic carbocycles. The van der Waals surface area contributed by atoms with Gasteiger partial charge in [-0.25, -0.2) is 0 Å². The van der Waals surface area contributed by atoms with Crippen molar-refractivity contribution < 1.29 is 0 Å². The zero-order valence-corrected chi connectivity index (χ0v) is 15.0. The summed E-state index contributed by atoms with van der Waals surface area (Å²) in [6.07, 6.45) is 1.95. The van der Waals surface area contributed by atoms with E-state index in [1.165, 1.54) is 4.46 Å². The van der Waals surface area contributed by atoms with Gasteiger partial charge in [-0.3, -0.25) is 0 Å². The van der Waals surface area contributed by atoms with Gasteiger partial charge in [0.1, 0.15) is 0 Å². The number of hydrogen-bond donors (Lipinski definition) is 1. The van der Waals surface area contributed by atoms with Crippen LogP contribution in [0.25, 0.3) is 0 Å². The summed E-state index contributed by atoms with van der Waals surface area (Å²) in [5, 5.41) is 0. The minimum absolute atomic E-state index is 0.0535. The van der Waals surface area contributed by atoms with Crippen LogP contribution in [0.2, 0.25) is 0 Å². The van der Waals surface area contributed by atoms with Crippen molar-refractivity contribution in [2.75, 3.05) is 0 Å². The molecule has 1 N–H and O–H groups in total. The summed E-state index contributed by atoms with van der Waals surface area (Å²) >= 11 is -0.0535. The fraction of sp³-hybridized carbons (Fsp3) is 0.412. The first-order valence-corrected chi connectivity index (χ1v) is 9.35. The van der Waals surface area contributed by atoms with Crippen molar-refractivity contribution in [2.24, 2.45) is 0 Å². The standard InChI is InChI=1S/C17H22N2O2Se/c1-4-5-11-19-16(22-13-9-7-6-8-10-13)14(12(2)3)15(20)18-17(19)21/h6-10,12H,4-5,11H2,1-3H3,(H,18,20,21). The SMILES string of the molecule is CCCCn1c([Se]c2ccccc2)c(C(C)C)c(=O)[nH]c1=O. The number of benzene rings is 1. The van der Waals surface area contributed by atoms with Crippen LogP contribution in [0.4, 0.5) is 0 Å². The van der Waals surface area contributed by atoms with E-state index in [0.717, 1.165) is 23.0 Å². The Morgan fingerprint density at radius 3 is 2.45 bits per heavy atom. The van der Waals surface area contributed by atoms with Crippen LogP contribution in [0, 0.1) is 0 Å². The van der Waals surface area contributed by atoms with Crippen molar-refractivity contribution >= 4 is 24.0 Å². The van der Waals surface area contributed by atoms with Crippen molar-refractivity contribution in [2.45, 2.75) is 46.1 Å². The first kappa shape index (κ1) is 16.8. The van der Waals surface area contributed by atoms with Crippen LogP contribution in [0.3, 0.4) is 0 Å².